The summed E-state index contributed by atoms with van der Waals surface area (Å²) in [5.41, 5.74) is 0.338. The van der Waals surface area contributed by atoms with Crippen LogP contribution in [-0.4, -0.2) is 49.2 Å². The molecular weight excluding hydrogens is 408 g/mol. The van der Waals surface area contributed by atoms with Gasteiger partial charge in [-0.25, -0.2) is 5.01 Å². The molecule has 4 rings (SSSR count). The number of ether oxygens (including phenoxy) is 2. The molecule has 0 aliphatic carbocycles. The number of nitrogens with zero attached hydrogens (tertiary/aromatic N) is 2. The summed E-state index contributed by atoms with van der Waals surface area (Å²) in [5.74, 6) is -1.71. The van der Waals surface area contributed by atoms with Crippen LogP contribution in [0.5, 0.6) is 0 Å². The van der Waals surface area contributed by atoms with Gasteiger partial charge in [0.1, 0.15) is 0 Å². The molecule has 0 spiro atoms. The van der Waals surface area contributed by atoms with Crippen molar-refractivity contribution in [3.63, 3.8) is 0 Å². The van der Waals surface area contributed by atoms with Crippen LogP contribution in [0, 0.1) is 5.41 Å². The number of carbonyl (C=O) groups is 3. The van der Waals surface area contributed by atoms with Crippen molar-refractivity contribution in [3.05, 3.63) is 84.5 Å². The quantitative estimate of drug-likeness (QED) is 0.420. The Kier molecular flexibility index (Phi) is 5.57. The summed E-state index contributed by atoms with van der Waals surface area (Å²) >= 11 is 0. The van der Waals surface area contributed by atoms with Gasteiger partial charge in [-0.2, -0.15) is 0 Å². The van der Waals surface area contributed by atoms with Gasteiger partial charge in [-0.3, -0.25) is 19.4 Å². The molecule has 1 saturated heterocycles. The first kappa shape index (κ1) is 21.4. The second kappa shape index (κ2) is 8.34. The lowest BCUT2D eigenvalue weighted by Gasteiger charge is -2.55. The maximum atomic E-state index is 13.7. The van der Waals surface area contributed by atoms with E-state index in [1.165, 1.54) is 14.2 Å². The van der Waals surface area contributed by atoms with Gasteiger partial charge in [-0.15, -0.1) is 6.58 Å². The summed E-state index contributed by atoms with van der Waals surface area (Å²) in [5, 5.41) is 3.27. The number of hydrogen-bond donors (Lipinski definition) is 0. The van der Waals surface area contributed by atoms with Gasteiger partial charge < -0.3 is 9.47 Å². The number of carbonyl (C=O) groups excluding carboxylic acids is 3. The molecule has 7 heteroatoms. The van der Waals surface area contributed by atoms with Gasteiger partial charge in [0.25, 0.3) is 5.91 Å². The number of methoxy groups -OCH3 is 2. The van der Waals surface area contributed by atoms with Gasteiger partial charge in [-0.05, 0) is 23.8 Å². The van der Waals surface area contributed by atoms with Gasteiger partial charge in [-0.1, -0.05) is 54.6 Å². The van der Waals surface area contributed by atoms with Crippen LogP contribution in [0.2, 0.25) is 0 Å². The first-order valence-corrected chi connectivity index (χ1v) is 10.2. The molecule has 2 heterocycles. The molecule has 0 aromatic heterocycles. The summed E-state index contributed by atoms with van der Waals surface area (Å²) in [6.45, 7) is 3.90. The van der Waals surface area contributed by atoms with E-state index in [9.17, 15) is 14.4 Å². The van der Waals surface area contributed by atoms with Crippen molar-refractivity contribution in [3.8, 4) is 0 Å². The van der Waals surface area contributed by atoms with E-state index >= 15 is 0 Å². The van der Waals surface area contributed by atoms with Gasteiger partial charge >= 0.3 is 11.9 Å². The van der Waals surface area contributed by atoms with E-state index in [-0.39, 0.29) is 12.3 Å². The third-order valence-corrected chi connectivity index (χ3v) is 6.09. The molecule has 2 aromatic carbocycles. The van der Waals surface area contributed by atoms with Crippen molar-refractivity contribution in [1.82, 2.24) is 5.01 Å². The van der Waals surface area contributed by atoms with Crippen LogP contribution in [0.1, 0.15) is 22.3 Å². The van der Waals surface area contributed by atoms with Crippen LogP contribution in [0.4, 0.5) is 5.69 Å². The highest BCUT2D eigenvalue weighted by Crippen LogP contribution is 2.47. The number of rotatable bonds is 4. The average Bonchev–Trinajstić information content (AvgIpc) is 2.86. The Hall–Kier alpha value is -3.87. The van der Waals surface area contributed by atoms with E-state index in [0.29, 0.717) is 11.3 Å². The average molecular weight is 432 g/mol. The molecule has 2 aliphatic heterocycles. The molecule has 0 bridgehead atoms. The Morgan fingerprint density at radius 1 is 1.00 bits per heavy atom. The third kappa shape index (κ3) is 3.09. The lowest BCUT2D eigenvalue weighted by molar-refractivity contribution is -0.174. The van der Waals surface area contributed by atoms with Crippen LogP contribution in [-0.2, 0) is 19.1 Å². The molecule has 0 saturated carbocycles. The first-order valence-electron chi connectivity index (χ1n) is 10.2. The Morgan fingerprint density at radius 2 is 1.62 bits per heavy atom. The largest absolute Gasteiger partial charge is 0.468 e. The van der Waals surface area contributed by atoms with Crippen LogP contribution >= 0.6 is 0 Å². The Morgan fingerprint density at radius 3 is 2.25 bits per heavy atom. The normalized spacial score (nSPS) is 20.6. The second-order valence-electron chi connectivity index (χ2n) is 7.68. The summed E-state index contributed by atoms with van der Waals surface area (Å²) in [6.07, 6.45) is 5.14. The molecule has 2 aliphatic rings. The number of esters is 2. The molecule has 1 amide bonds. The van der Waals surface area contributed by atoms with Gasteiger partial charge in [0.15, 0.2) is 5.41 Å². The molecule has 32 heavy (non-hydrogen) atoms. The Bertz CT molecular complexity index is 1080. The number of anilines is 1. The highest BCUT2D eigenvalue weighted by atomic mass is 16.5. The molecule has 7 nitrogen and oxygen atoms in total. The number of hydrazine groups is 1. The maximum absolute atomic E-state index is 13.7. The van der Waals surface area contributed by atoms with Gasteiger partial charge in [0.05, 0.1) is 32.0 Å². The Balaban J connectivity index is 1.96. The van der Waals surface area contributed by atoms with Crippen molar-refractivity contribution < 1.29 is 23.9 Å². The maximum Gasteiger partial charge on any atom is 0.325 e. The molecule has 2 aromatic rings. The number of fused-ring (bicyclic) bond motifs is 3. The zero-order chi connectivity index (χ0) is 22.9. The monoisotopic (exact) mass is 432 g/mol. The summed E-state index contributed by atoms with van der Waals surface area (Å²) in [4.78, 5) is 40.0. The standard InChI is InChI=1S/C25H24N2O5/c1-4-19-16-25(23(29)31-2,24(30)32-3)21-15-14-17-10-8-9-13-20(17)27(21)26(19)22(28)18-11-6-5-7-12-18/h4-15,19,21H,1,16H2,2-3H3/t19-,21-/m1/s1. The van der Waals surface area contributed by atoms with Crippen LogP contribution in [0.15, 0.2) is 73.3 Å². The fraction of sp³-hybridized carbons (Fsp3) is 0.240. The molecule has 0 unspecified atom stereocenters. The topological polar surface area (TPSA) is 76.2 Å². The summed E-state index contributed by atoms with van der Waals surface area (Å²) in [6, 6.07) is 14.8. The lowest BCUT2D eigenvalue weighted by atomic mass is 9.71. The van der Waals surface area contributed by atoms with Crippen molar-refractivity contribution in [1.29, 1.82) is 0 Å². The minimum absolute atomic E-state index is 0.0257. The van der Waals surface area contributed by atoms with Crippen molar-refractivity contribution >= 4 is 29.6 Å². The van der Waals surface area contributed by atoms with E-state index in [0.717, 1.165) is 5.56 Å². The molecule has 0 N–H and O–H groups in total. The van der Waals surface area contributed by atoms with Crippen molar-refractivity contribution in [2.45, 2.75) is 18.5 Å². The van der Waals surface area contributed by atoms with E-state index in [1.807, 2.05) is 36.4 Å². The molecule has 2 atom stereocenters. The lowest BCUT2D eigenvalue weighted by Crippen LogP contribution is -2.70. The molecule has 1 fully saturated rings. The van der Waals surface area contributed by atoms with Crippen molar-refractivity contribution in [2.24, 2.45) is 5.41 Å². The molecular formula is C25H24N2O5. The van der Waals surface area contributed by atoms with Gasteiger partial charge in [0, 0.05) is 12.0 Å². The molecule has 164 valence electrons. The zero-order valence-electron chi connectivity index (χ0n) is 17.9. The van der Waals surface area contributed by atoms with E-state index in [1.54, 1.807) is 46.4 Å². The Labute approximate surface area is 186 Å². The summed E-state index contributed by atoms with van der Waals surface area (Å²) < 4.78 is 10.2. The fourth-order valence-corrected chi connectivity index (χ4v) is 4.58. The van der Waals surface area contributed by atoms with Crippen molar-refractivity contribution in [2.75, 3.05) is 19.2 Å². The first-order chi connectivity index (χ1) is 15.5. The number of amides is 1. The van der Waals surface area contributed by atoms with E-state index < -0.39 is 29.4 Å². The predicted octanol–water partition coefficient (Wildman–Crippen LogP) is 3.24. The minimum atomic E-state index is -1.68. The minimum Gasteiger partial charge on any atom is -0.468 e. The fourth-order valence-electron chi connectivity index (χ4n) is 4.58. The SMILES string of the molecule is C=C[C@@H]1CC(C(=O)OC)(C(=O)OC)[C@H]2C=Cc3ccccc3N2N1C(=O)c1ccccc1. The number of para-hydroxylation sites is 1. The van der Waals surface area contributed by atoms with E-state index in [4.69, 9.17) is 9.47 Å². The summed E-state index contributed by atoms with van der Waals surface area (Å²) in [7, 11) is 2.48. The second-order valence-corrected chi connectivity index (χ2v) is 7.68. The van der Waals surface area contributed by atoms with E-state index in [2.05, 4.69) is 6.58 Å². The highest BCUT2D eigenvalue weighted by Gasteiger charge is 2.62. The van der Waals surface area contributed by atoms with Gasteiger partial charge in [0.2, 0.25) is 0 Å². The zero-order valence-corrected chi connectivity index (χ0v) is 17.9. The van der Waals surface area contributed by atoms with Crippen LogP contribution in [0.3, 0.4) is 0 Å². The highest BCUT2D eigenvalue weighted by molar-refractivity contribution is 6.04. The molecule has 0 radical (unpaired) electrons. The number of benzene rings is 2. The number of hydrogen-bond acceptors (Lipinski definition) is 6. The van der Waals surface area contributed by atoms with Crippen LogP contribution < -0.4 is 5.01 Å². The third-order valence-electron chi connectivity index (χ3n) is 6.09. The van der Waals surface area contributed by atoms with Crippen LogP contribution in [0.25, 0.3) is 6.08 Å². The predicted molar refractivity (Wildman–Crippen MR) is 119 cm³/mol. The smallest absolute Gasteiger partial charge is 0.325 e.